The molecule has 6 heteroatoms. The van der Waals surface area contributed by atoms with Gasteiger partial charge >= 0.3 is 0 Å². The largest absolute Gasteiger partial charge is 0.333 e. The summed E-state index contributed by atoms with van der Waals surface area (Å²) in [6.45, 7) is 3.80. The summed E-state index contributed by atoms with van der Waals surface area (Å²) >= 11 is 0. The molecule has 2 aliphatic heterocycles. The van der Waals surface area contributed by atoms with E-state index in [1.165, 1.54) is 5.56 Å². The molecule has 1 amide bonds. The number of carbonyl (C=O) groups is 1. The number of nitrogens with zero attached hydrogens (tertiary/aromatic N) is 2. The van der Waals surface area contributed by atoms with Gasteiger partial charge in [-0.25, -0.2) is 12.7 Å². The van der Waals surface area contributed by atoms with E-state index < -0.39 is 10.0 Å². The Balaban J connectivity index is 1.50. The lowest BCUT2D eigenvalue weighted by Crippen LogP contribution is -2.54. The predicted molar refractivity (Wildman–Crippen MR) is 96.4 cm³/mol. The minimum Gasteiger partial charge on any atom is -0.333 e. The first kappa shape index (κ1) is 17.0. The number of carbonyl (C=O) groups excluding carboxylic acids is 1. The second kappa shape index (κ2) is 6.09. The van der Waals surface area contributed by atoms with Crippen LogP contribution < -0.4 is 0 Å². The van der Waals surface area contributed by atoms with Crippen LogP contribution in [0.2, 0.25) is 0 Å². The molecule has 1 aromatic rings. The van der Waals surface area contributed by atoms with Crippen LogP contribution in [0.25, 0.3) is 0 Å². The first-order valence-corrected chi connectivity index (χ1v) is 10.8. The standard InChI is InChI=1S/C19H26N2O3S/c1-15-3-2-4-16(13-15)14-21-18(22)7-8-19(21)9-11-20(12-10-19)25(23,24)17-5-6-17/h2-4,13,17H,5-12,14H2,1H3. The van der Waals surface area contributed by atoms with Crippen LogP contribution in [-0.2, 0) is 21.4 Å². The van der Waals surface area contributed by atoms with Crippen molar-refractivity contribution in [1.82, 2.24) is 9.21 Å². The van der Waals surface area contributed by atoms with Gasteiger partial charge in [0, 0.05) is 31.6 Å². The van der Waals surface area contributed by atoms with Crippen LogP contribution in [0.3, 0.4) is 0 Å². The zero-order valence-corrected chi connectivity index (χ0v) is 15.6. The van der Waals surface area contributed by atoms with Crippen LogP contribution in [0.15, 0.2) is 24.3 Å². The van der Waals surface area contributed by atoms with Crippen molar-refractivity contribution in [2.45, 2.75) is 62.8 Å². The van der Waals surface area contributed by atoms with Gasteiger partial charge < -0.3 is 4.90 Å². The molecule has 25 heavy (non-hydrogen) atoms. The minimum atomic E-state index is -3.10. The molecule has 0 bridgehead atoms. The molecule has 3 aliphatic rings. The molecular weight excluding hydrogens is 336 g/mol. The predicted octanol–water partition coefficient (Wildman–Crippen LogP) is 2.44. The maximum absolute atomic E-state index is 12.5. The number of piperidine rings is 1. The highest BCUT2D eigenvalue weighted by atomic mass is 32.2. The summed E-state index contributed by atoms with van der Waals surface area (Å²) in [7, 11) is -3.10. The molecule has 3 fully saturated rings. The highest BCUT2D eigenvalue weighted by molar-refractivity contribution is 7.90. The number of sulfonamides is 1. The van der Waals surface area contributed by atoms with Gasteiger partial charge in [0.1, 0.15) is 0 Å². The van der Waals surface area contributed by atoms with Crippen LogP contribution in [-0.4, -0.2) is 47.4 Å². The summed E-state index contributed by atoms with van der Waals surface area (Å²) in [6, 6.07) is 8.29. The van der Waals surface area contributed by atoms with Crippen LogP contribution in [0.4, 0.5) is 0 Å². The van der Waals surface area contributed by atoms with E-state index in [2.05, 4.69) is 25.1 Å². The van der Waals surface area contributed by atoms with Crippen molar-refractivity contribution in [2.75, 3.05) is 13.1 Å². The summed E-state index contributed by atoms with van der Waals surface area (Å²) in [5.74, 6) is 0.208. The Bertz CT molecular complexity index is 778. The highest BCUT2D eigenvalue weighted by Gasteiger charge is 2.49. The number of likely N-dealkylation sites (tertiary alicyclic amines) is 1. The smallest absolute Gasteiger partial charge is 0.223 e. The molecule has 136 valence electrons. The first-order valence-electron chi connectivity index (χ1n) is 9.26. The average molecular weight is 362 g/mol. The zero-order valence-electron chi connectivity index (χ0n) is 14.8. The van der Waals surface area contributed by atoms with E-state index in [-0.39, 0.29) is 16.7 Å². The lowest BCUT2D eigenvalue weighted by molar-refractivity contribution is -0.133. The Morgan fingerprint density at radius 2 is 1.88 bits per heavy atom. The Labute approximate surface area is 150 Å². The molecule has 2 heterocycles. The van der Waals surface area contributed by atoms with E-state index >= 15 is 0 Å². The van der Waals surface area contributed by atoms with Crippen molar-refractivity contribution in [1.29, 1.82) is 0 Å². The monoisotopic (exact) mass is 362 g/mol. The van der Waals surface area contributed by atoms with E-state index in [0.717, 1.165) is 37.7 Å². The first-order chi connectivity index (χ1) is 11.9. The Morgan fingerprint density at radius 1 is 1.16 bits per heavy atom. The average Bonchev–Trinajstić information content (AvgIpc) is 3.40. The van der Waals surface area contributed by atoms with Crippen molar-refractivity contribution in [3.8, 4) is 0 Å². The minimum absolute atomic E-state index is 0.143. The molecule has 0 aromatic heterocycles. The Morgan fingerprint density at radius 3 is 2.52 bits per heavy atom. The quantitative estimate of drug-likeness (QED) is 0.827. The Kier molecular flexibility index (Phi) is 4.15. The van der Waals surface area contributed by atoms with E-state index in [1.807, 2.05) is 11.0 Å². The number of aryl methyl sites for hydroxylation is 1. The zero-order chi connectivity index (χ0) is 17.7. The van der Waals surface area contributed by atoms with E-state index in [9.17, 15) is 13.2 Å². The maximum Gasteiger partial charge on any atom is 0.223 e. The Hall–Kier alpha value is -1.40. The van der Waals surface area contributed by atoms with Gasteiger partial charge in [-0.05, 0) is 44.6 Å². The van der Waals surface area contributed by atoms with Crippen LogP contribution in [0, 0.1) is 6.92 Å². The fourth-order valence-electron chi connectivity index (χ4n) is 4.38. The molecule has 0 radical (unpaired) electrons. The van der Waals surface area contributed by atoms with Gasteiger partial charge in [-0.2, -0.15) is 0 Å². The van der Waals surface area contributed by atoms with Gasteiger partial charge in [0.15, 0.2) is 0 Å². The number of benzene rings is 1. The van der Waals surface area contributed by atoms with Crippen molar-refractivity contribution in [3.63, 3.8) is 0 Å². The third kappa shape index (κ3) is 3.10. The molecule has 2 saturated heterocycles. The van der Waals surface area contributed by atoms with Crippen LogP contribution in [0.5, 0.6) is 0 Å². The molecule has 0 unspecified atom stereocenters. The van der Waals surface area contributed by atoms with Gasteiger partial charge in [0.25, 0.3) is 0 Å². The molecular formula is C19H26N2O3S. The molecule has 0 atom stereocenters. The van der Waals surface area contributed by atoms with E-state index in [1.54, 1.807) is 4.31 Å². The van der Waals surface area contributed by atoms with Crippen molar-refractivity contribution in [3.05, 3.63) is 35.4 Å². The summed E-state index contributed by atoms with van der Waals surface area (Å²) in [4.78, 5) is 14.6. The van der Waals surface area contributed by atoms with E-state index in [0.29, 0.717) is 26.1 Å². The fourth-order valence-corrected chi connectivity index (χ4v) is 6.22. The van der Waals surface area contributed by atoms with Crippen molar-refractivity contribution < 1.29 is 13.2 Å². The summed E-state index contributed by atoms with van der Waals surface area (Å²) in [6.07, 6.45) is 4.58. The van der Waals surface area contributed by atoms with Gasteiger partial charge in [0.05, 0.1) is 5.25 Å². The van der Waals surface area contributed by atoms with Gasteiger partial charge in [0.2, 0.25) is 15.9 Å². The third-order valence-corrected chi connectivity index (χ3v) is 8.46. The van der Waals surface area contributed by atoms with Gasteiger partial charge in [-0.3, -0.25) is 4.79 Å². The SMILES string of the molecule is Cc1cccc(CN2C(=O)CCC23CCN(S(=O)(=O)C2CC2)CC3)c1. The summed E-state index contributed by atoms with van der Waals surface area (Å²) < 4.78 is 26.6. The van der Waals surface area contributed by atoms with Crippen molar-refractivity contribution >= 4 is 15.9 Å². The molecule has 1 aliphatic carbocycles. The second-order valence-corrected chi connectivity index (χ2v) is 10.0. The molecule has 1 spiro atoms. The number of hydrogen-bond donors (Lipinski definition) is 0. The lowest BCUT2D eigenvalue weighted by atomic mass is 9.85. The highest BCUT2D eigenvalue weighted by Crippen LogP contribution is 2.42. The van der Waals surface area contributed by atoms with Crippen LogP contribution >= 0.6 is 0 Å². The second-order valence-electron chi connectivity index (χ2n) is 7.84. The van der Waals surface area contributed by atoms with Crippen molar-refractivity contribution in [2.24, 2.45) is 0 Å². The topological polar surface area (TPSA) is 57.7 Å². The molecule has 4 rings (SSSR count). The van der Waals surface area contributed by atoms with Gasteiger partial charge in [-0.1, -0.05) is 29.8 Å². The fraction of sp³-hybridized carbons (Fsp3) is 0.632. The third-order valence-electron chi connectivity index (χ3n) is 6.06. The van der Waals surface area contributed by atoms with E-state index in [4.69, 9.17) is 0 Å². The molecule has 1 aromatic carbocycles. The molecule has 1 saturated carbocycles. The number of rotatable bonds is 4. The van der Waals surface area contributed by atoms with Gasteiger partial charge in [-0.15, -0.1) is 0 Å². The number of amides is 1. The lowest BCUT2D eigenvalue weighted by Gasteiger charge is -2.44. The summed E-state index contributed by atoms with van der Waals surface area (Å²) in [5.41, 5.74) is 2.20. The summed E-state index contributed by atoms with van der Waals surface area (Å²) in [5, 5.41) is -0.143. The normalized spacial score (nSPS) is 24.2. The molecule has 0 N–H and O–H groups in total. The maximum atomic E-state index is 12.5. The molecule has 5 nitrogen and oxygen atoms in total. The van der Waals surface area contributed by atoms with Crippen LogP contribution in [0.1, 0.15) is 49.7 Å². The number of hydrogen-bond acceptors (Lipinski definition) is 3.